The smallest absolute Gasteiger partial charge is 0.350 e. The van der Waals surface area contributed by atoms with Crippen LogP contribution in [0.25, 0.3) is 10.8 Å². The molecule has 3 aromatic rings. The van der Waals surface area contributed by atoms with Crippen molar-refractivity contribution in [1.29, 1.82) is 0 Å². The van der Waals surface area contributed by atoms with Crippen molar-refractivity contribution in [3.05, 3.63) is 58.6 Å². The average Bonchev–Trinajstić information content (AvgIpc) is 3.03. The Morgan fingerprint density at radius 3 is 2.67 bits per heavy atom. The summed E-state index contributed by atoms with van der Waals surface area (Å²) in [5.74, 6) is -0.686. The van der Waals surface area contributed by atoms with Gasteiger partial charge in [-0.25, -0.2) is 9.78 Å². The number of aromatic nitrogens is 1. The number of benzene rings is 2. The number of hydrogen-bond acceptors (Lipinski definition) is 5. The Labute approximate surface area is 143 Å². The minimum atomic E-state index is -0.435. The molecule has 0 saturated heterocycles. The number of ether oxygens (including phenoxy) is 1. The van der Waals surface area contributed by atoms with Crippen LogP contribution in [0.1, 0.15) is 32.6 Å². The molecule has 2 aromatic carbocycles. The fourth-order valence-corrected chi connectivity index (χ4v) is 3.45. The van der Waals surface area contributed by atoms with Gasteiger partial charge >= 0.3 is 5.97 Å². The van der Waals surface area contributed by atoms with Gasteiger partial charge in [-0.1, -0.05) is 54.7 Å². The number of fused-ring (bicyclic) bond motifs is 1. The second-order valence-corrected chi connectivity index (χ2v) is 6.12. The van der Waals surface area contributed by atoms with Crippen molar-refractivity contribution in [3.63, 3.8) is 0 Å². The molecular formula is C18H16N2O3S. The molecule has 3 rings (SSSR count). The number of amides is 1. The van der Waals surface area contributed by atoms with Gasteiger partial charge in [-0.3, -0.25) is 10.1 Å². The highest BCUT2D eigenvalue weighted by molar-refractivity contribution is 7.17. The molecule has 0 spiro atoms. The molecule has 5 nitrogen and oxygen atoms in total. The van der Waals surface area contributed by atoms with E-state index in [9.17, 15) is 9.59 Å². The first-order chi connectivity index (χ1) is 11.6. The Bertz CT molecular complexity index is 912. The maximum atomic E-state index is 12.6. The minimum Gasteiger partial charge on any atom is -0.465 e. The minimum absolute atomic E-state index is 0.250. The molecule has 1 aromatic heterocycles. The van der Waals surface area contributed by atoms with Gasteiger partial charge in [-0.05, 0) is 23.3 Å². The van der Waals surface area contributed by atoms with Gasteiger partial charge in [0.1, 0.15) is 4.88 Å². The van der Waals surface area contributed by atoms with E-state index in [1.165, 1.54) is 7.11 Å². The molecule has 1 amide bonds. The van der Waals surface area contributed by atoms with Crippen molar-refractivity contribution in [2.45, 2.75) is 13.3 Å². The van der Waals surface area contributed by atoms with Crippen LogP contribution < -0.4 is 5.32 Å². The van der Waals surface area contributed by atoms with E-state index in [2.05, 4.69) is 10.3 Å². The molecule has 0 radical (unpaired) electrons. The molecule has 0 aliphatic rings. The molecule has 1 heterocycles. The molecule has 0 unspecified atom stereocenters. The number of thiazole rings is 1. The van der Waals surface area contributed by atoms with E-state index >= 15 is 0 Å². The van der Waals surface area contributed by atoms with Crippen molar-refractivity contribution < 1.29 is 14.3 Å². The van der Waals surface area contributed by atoms with Crippen molar-refractivity contribution in [3.8, 4) is 0 Å². The van der Waals surface area contributed by atoms with Gasteiger partial charge in [0.05, 0.1) is 12.8 Å². The average molecular weight is 340 g/mol. The number of esters is 1. The SMILES string of the molecule is CCc1nc(NC(=O)c2cccc3ccccc23)sc1C(=O)OC. The van der Waals surface area contributed by atoms with Crippen molar-refractivity contribution in [2.75, 3.05) is 12.4 Å². The van der Waals surface area contributed by atoms with Gasteiger partial charge in [-0.2, -0.15) is 0 Å². The molecule has 0 aliphatic carbocycles. The van der Waals surface area contributed by atoms with Crippen LogP contribution >= 0.6 is 11.3 Å². The molecule has 24 heavy (non-hydrogen) atoms. The number of carbonyl (C=O) groups is 2. The molecule has 0 atom stereocenters. The standard InChI is InChI=1S/C18H16N2O3S/c1-3-14-15(17(22)23-2)24-18(19-14)20-16(21)13-10-6-8-11-7-4-5-9-12(11)13/h4-10H,3H2,1-2H3,(H,19,20,21). The zero-order valence-corrected chi connectivity index (χ0v) is 14.1. The first kappa shape index (κ1) is 16.1. The lowest BCUT2D eigenvalue weighted by atomic mass is 10.0. The van der Waals surface area contributed by atoms with Crippen molar-refractivity contribution in [2.24, 2.45) is 0 Å². The maximum Gasteiger partial charge on any atom is 0.350 e. The fourth-order valence-electron chi connectivity index (χ4n) is 2.48. The van der Waals surface area contributed by atoms with Gasteiger partial charge in [0.15, 0.2) is 5.13 Å². The number of nitrogens with one attached hydrogen (secondary N) is 1. The van der Waals surface area contributed by atoms with Crippen molar-refractivity contribution in [1.82, 2.24) is 4.98 Å². The van der Waals surface area contributed by atoms with Crippen LogP contribution in [-0.4, -0.2) is 24.0 Å². The van der Waals surface area contributed by atoms with E-state index in [1.54, 1.807) is 6.07 Å². The highest BCUT2D eigenvalue weighted by Gasteiger charge is 2.19. The number of rotatable bonds is 4. The molecular weight excluding hydrogens is 324 g/mol. The third-order valence-electron chi connectivity index (χ3n) is 3.66. The highest BCUT2D eigenvalue weighted by Crippen LogP contribution is 2.26. The number of aryl methyl sites for hydroxylation is 1. The first-order valence-corrected chi connectivity index (χ1v) is 8.32. The summed E-state index contributed by atoms with van der Waals surface area (Å²) >= 11 is 1.13. The van der Waals surface area contributed by atoms with E-state index < -0.39 is 5.97 Å². The van der Waals surface area contributed by atoms with Crippen LogP contribution in [0.5, 0.6) is 0 Å². The summed E-state index contributed by atoms with van der Waals surface area (Å²) in [5.41, 5.74) is 1.20. The number of hydrogen-bond donors (Lipinski definition) is 1. The highest BCUT2D eigenvalue weighted by atomic mass is 32.1. The summed E-state index contributed by atoms with van der Waals surface area (Å²) in [6.45, 7) is 1.90. The Kier molecular flexibility index (Phi) is 4.57. The van der Waals surface area contributed by atoms with Crippen LogP contribution in [0.3, 0.4) is 0 Å². The number of methoxy groups -OCH3 is 1. The Hall–Kier alpha value is -2.73. The maximum absolute atomic E-state index is 12.6. The summed E-state index contributed by atoms with van der Waals surface area (Å²) < 4.78 is 4.76. The number of carbonyl (C=O) groups excluding carboxylic acids is 2. The van der Waals surface area contributed by atoms with Gasteiger partial charge < -0.3 is 4.74 Å². The van der Waals surface area contributed by atoms with Gasteiger partial charge in [0, 0.05) is 5.56 Å². The fraction of sp³-hybridized carbons (Fsp3) is 0.167. The number of nitrogens with zero attached hydrogens (tertiary/aromatic N) is 1. The Morgan fingerprint density at radius 1 is 1.17 bits per heavy atom. The first-order valence-electron chi connectivity index (χ1n) is 7.51. The van der Waals surface area contributed by atoms with Crippen LogP contribution in [0.2, 0.25) is 0 Å². The molecule has 1 N–H and O–H groups in total. The Morgan fingerprint density at radius 2 is 1.92 bits per heavy atom. The summed E-state index contributed by atoms with van der Waals surface area (Å²) in [5, 5.41) is 5.05. The van der Waals surface area contributed by atoms with E-state index in [0.717, 1.165) is 22.1 Å². The predicted octanol–water partition coefficient (Wildman–Crippen LogP) is 3.90. The molecule has 0 saturated carbocycles. The Balaban J connectivity index is 1.92. The summed E-state index contributed by atoms with van der Waals surface area (Å²) in [4.78, 5) is 29.1. The topological polar surface area (TPSA) is 68.3 Å². The molecule has 6 heteroatoms. The van der Waals surface area contributed by atoms with Gasteiger partial charge in [-0.15, -0.1) is 0 Å². The van der Waals surface area contributed by atoms with Crippen molar-refractivity contribution >= 4 is 39.1 Å². The molecule has 0 fully saturated rings. The number of anilines is 1. The van der Waals surface area contributed by atoms with E-state index in [-0.39, 0.29) is 5.91 Å². The molecule has 0 bridgehead atoms. The zero-order chi connectivity index (χ0) is 17.1. The van der Waals surface area contributed by atoms with Gasteiger partial charge in [0.2, 0.25) is 0 Å². The largest absolute Gasteiger partial charge is 0.465 e. The normalized spacial score (nSPS) is 10.6. The van der Waals surface area contributed by atoms with E-state index in [1.807, 2.05) is 43.3 Å². The monoisotopic (exact) mass is 340 g/mol. The second kappa shape index (κ2) is 6.80. The third-order valence-corrected chi connectivity index (χ3v) is 4.65. The predicted molar refractivity (Wildman–Crippen MR) is 94.7 cm³/mol. The van der Waals surface area contributed by atoms with Crippen LogP contribution in [0.4, 0.5) is 5.13 Å². The zero-order valence-electron chi connectivity index (χ0n) is 13.3. The third kappa shape index (κ3) is 3.00. The van der Waals surface area contributed by atoms with Crippen LogP contribution in [0.15, 0.2) is 42.5 Å². The summed E-state index contributed by atoms with van der Waals surface area (Å²) in [6, 6.07) is 13.3. The quantitative estimate of drug-likeness (QED) is 0.732. The van der Waals surface area contributed by atoms with E-state index in [4.69, 9.17) is 4.74 Å². The molecule has 0 aliphatic heterocycles. The van der Waals surface area contributed by atoms with Gasteiger partial charge in [0.25, 0.3) is 5.91 Å². The van der Waals surface area contributed by atoms with Crippen LogP contribution in [-0.2, 0) is 11.2 Å². The summed E-state index contributed by atoms with van der Waals surface area (Å²) in [7, 11) is 1.33. The lowest BCUT2D eigenvalue weighted by Gasteiger charge is -2.05. The van der Waals surface area contributed by atoms with Crippen LogP contribution in [0, 0.1) is 0 Å². The molecule has 122 valence electrons. The van der Waals surface area contributed by atoms with E-state index in [0.29, 0.717) is 27.7 Å². The summed E-state index contributed by atoms with van der Waals surface area (Å²) in [6.07, 6.45) is 0.588. The lowest BCUT2D eigenvalue weighted by Crippen LogP contribution is -2.12. The lowest BCUT2D eigenvalue weighted by molar-refractivity contribution is 0.0604. The second-order valence-electron chi connectivity index (χ2n) is 5.12.